The molecule has 1 rings (SSSR count). The van der Waals surface area contributed by atoms with E-state index in [1.807, 2.05) is 0 Å². The van der Waals surface area contributed by atoms with Crippen LogP contribution in [-0.2, 0) is 9.26 Å². The minimum Gasteiger partial charge on any atom is -0.376 e. The first-order chi connectivity index (χ1) is 4.79. The highest BCUT2D eigenvalue weighted by atomic mass is 31.2. The Balaban J connectivity index is 2.01. The van der Waals surface area contributed by atoms with Crippen molar-refractivity contribution in [1.82, 2.24) is 0 Å². The van der Waals surface area contributed by atoms with Gasteiger partial charge in [0.25, 0.3) is 0 Å². The van der Waals surface area contributed by atoms with Gasteiger partial charge >= 0.3 is 8.77 Å². The van der Waals surface area contributed by atoms with Crippen molar-refractivity contribution < 1.29 is 17.7 Å². The number of hydrogen-bond acceptors (Lipinski definition) is 2. The van der Waals surface area contributed by atoms with Crippen molar-refractivity contribution >= 4 is 8.77 Å². The fraction of sp³-hybridized carbons (Fsp3) is 1.00. The lowest BCUT2D eigenvalue weighted by atomic mass is 10.2. The summed E-state index contributed by atoms with van der Waals surface area (Å²) < 4.78 is 32.1. The first kappa shape index (κ1) is 8.31. The molecule has 0 N–H and O–H groups in total. The van der Waals surface area contributed by atoms with Crippen LogP contribution in [0.1, 0.15) is 12.8 Å². The van der Waals surface area contributed by atoms with Gasteiger partial charge in [-0.05, 0) is 12.8 Å². The van der Waals surface area contributed by atoms with Crippen LogP contribution in [0.25, 0.3) is 0 Å². The van der Waals surface area contributed by atoms with E-state index in [2.05, 4.69) is 4.52 Å². The summed E-state index contributed by atoms with van der Waals surface area (Å²) in [6.07, 6.45) is 1.73. The van der Waals surface area contributed by atoms with Crippen molar-refractivity contribution in [2.24, 2.45) is 0 Å². The summed E-state index contributed by atoms with van der Waals surface area (Å²) >= 11 is 0. The molecule has 0 aromatic heterocycles. The molecule has 0 spiro atoms. The van der Waals surface area contributed by atoms with Gasteiger partial charge in [-0.15, -0.1) is 0 Å². The van der Waals surface area contributed by atoms with E-state index < -0.39 is 8.77 Å². The van der Waals surface area contributed by atoms with Crippen LogP contribution in [0.3, 0.4) is 0 Å². The molecular weight excluding hydrogens is 161 g/mol. The van der Waals surface area contributed by atoms with E-state index in [1.165, 1.54) is 0 Å². The average Bonchev–Trinajstić information content (AvgIpc) is 2.34. The van der Waals surface area contributed by atoms with E-state index in [-0.39, 0.29) is 12.7 Å². The number of ether oxygens (including phenoxy) is 1. The van der Waals surface area contributed by atoms with Crippen LogP contribution in [0, 0.1) is 0 Å². The van der Waals surface area contributed by atoms with Crippen LogP contribution < -0.4 is 0 Å². The maximum atomic E-state index is 11.5. The van der Waals surface area contributed by atoms with Gasteiger partial charge in [-0.1, -0.05) is 0 Å². The SMILES string of the molecule is FP(F)OCC1CCCO1. The Hall–Kier alpha value is 0.210. The highest BCUT2D eigenvalue weighted by Gasteiger charge is 2.17. The lowest BCUT2D eigenvalue weighted by Gasteiger charge is -2.07. The minimum absolute atomic E-state index is 0.0543. The van der Waals surface area contributed by atoms with Gasteiger partial charge in [-0.25, -0.2) is 0 Å². The second-order valence-electron chi connectivity index (χ2n) is 2.13. The van der Waals surface area contributed by atoms with Crippen molar-refractivity contribution in [1.29, 1.82) is 0 Å². The molecular formula is C5H9F2O2P. The van der Waals surface area contributed by atoms with Crippen LogP contribution in [0.5, 0.6) is 0 Å². The lowest BCUT2D eigenvalue weighted by Crippen LogP contribution is -2.11. The predicted molar refractivity (Wildman–Crippen MR) is 34.1 cm³/mol. The van der Waals surface area contributed by atoms with Gasteiger partial charge in [-0.2, -0.15) is 8.39 Å². The third-order valence-corrected chi connectivity index (χ3v) is 1.73. The first-order valence-corrected chi connectivity index (χ1v) is 4.19. The van der Waals surface area contributed by atoms with E-state index >= 15 is 0 Å². The molecule has 5 heteroatoms. The van der Waals surface area contributed by atoms with Crippen LogP contribution in [-0.4, -0.2) is 19.3 Å². The second-order valence-corrected chi connectivity index (χ2v) is 2.79. The number of rotatable bonds is 3. The highest BCUT2D eigenvalue weighted by Crippen LogP contribution is 2.40. The molecule has 0 amide bonds. The van der Waals surface area contributed by atoms with E-state index in [9.17, 15) is 8.39 Å². The summed E-state index contributed by atoms with van der Waals surface area (Å²) in [4.78, 5) is 0. The molecule has 0 aromatic rings. The molecule has 1 saturated heterocycles. The summed E-state index contributed by atoms with van der Waals surface area (Å²) in [5.74, 6) is 0. The third-order valence-electron chi connectivity index (χ3n) is 1.38. The summed E-state index contributed by atoms with van der Waals surface area (Å²) in [7, 11) is -3.20. The molecule has 2 nitrogen and oxygen atoms in total. The smallest absolute Gasteiger partial charge is 0.376 e. The Morgan fingerprint density at radius 3 is 2.90 bits per heavy atom. The van der Waals surface area contributed by atoms with Crippen LogP contribution in [0.2, 0.25) is 0 Å². The normalized spacial score (nSPS) is 26.1. The van der Waals surface area contributed by atoms with Crippen molar-refractivity contribution in [3.8, 4) is 0 Å². The fourth-order valence-corrected chi connectivity index (χ4v) is 1.19. The van der Waals surface area contributed by atoms with Gasteiger partial charge in [0.2, 0.25) is 0 Å². The third kappa shape index (κ3) is 2.86. The molecule has 0 radical (unpaired) electrons. The monoisotopic (exact) mass is 170 g/mol. The van der Waals surface area contributed by atoms with Crippen LogP contribution in [0.15, 0.2) is 0 Å². The van der Waals surface area contributed by atoms with E-state index in [1.54, 1.807) is 0 Å². The number of halogens is 2. The highest BCUT2D eigenvalue weighted by molar-refractivity contribution is 7.40. The molecule has 0 aromatic carbocycles. The van der Waals surface area contributed by atoms with Gasteiger partial charge in [-0.3, -0.25) is 0 Å². The topological polar surface area (TPSA) is 18.5 Å². The molecule has 1 aliphatic rings. The van der Waals surface area contributed by atoms with Crippen molar-refractivity contribution in [2.75, 3.05) is 13.2 Å². The van der Waals surface area contributed by atoms with Crippen molar-refractivity contribution in [2.45, 2.75) is 18.9 Å². The Morgan fingerprint density at radius 2 is 2.40 bits per heavy atom. The molecule has 1 heterocycles. The Morgan fingerprint density at radius 1 is 1.60 bits per heavy atom. The summed E-state index contributed by atoms with van der Waals surface area (Å²) in [5, 5.41) is 0. The van der Waals surface area contributed by atoms with E-state index in [4.69, 9.17) is 4.74 Å². The minimum atomic E-state index is -3.20. The molecule has 1 atom stereocenters. The summed E-state index contributed by atoms with van der Waals surface area (Å²) in [5.41, 5.74) is 0. The van der Waals surface area contributed by atoms with Gasteiger partial charge in [0.05, 0.1) is 12.7 Å². The molecule has 0 saturated carbocycles. The molecule has 0 aliphatic carbocycles. The van der Waals surface area contributed by atoms with Crippen LogP contribution >= 0.6 is 8.77 Å². The fourth-order valence-electron chi connectivity index (χ4n) is 0.915. The maximum Gasteiger partial charge on any atom is 0.415 e. The second kappa shape index (κ2) is 4.16. The van der Waals surface area contributed by atoms with Crippen molar-refractivity contribution in [3.05, 3.63) is 0 Å². The molecule has 10 heavy (non-hydrogen) atoms. The zero-order valence-electron chi connectivity index (χ0n) is 5.43. The maximum absolute atomic E-state index is 11.5. The molecule has 60 valence electrons. The van der Waals surface area contributed by atoms with E-state index in [0.29, 0.717) is 6.61 Å². The van der Waals surface area contributed by atoms with Crippen molar-refractivity contribution in [3.63, 3.8) is 0 Å². The largest absolute Gasteiger partial charge is 0.415 e. The standard InChI is InChI=1S/C5H9F2O2P/c6-10(7)9-4-5-2-1-3-8-5/h5H,1-4H2. The van der Waals surface area contributed by atoms with Gasteiger partial charge in [0.1, 0.15) is 0 Å². The van der Waals surface area contributed by atoms with E-state index in [0.717, 1.165) is 12.8 Å². The number of hydrogen-bond donors (Lipinski definition) is 0. The average molecular weight is 170 g/mol. The Labute approximate surface area is 59.6 Å². The lowest BCUT2D eigenvalue weighted by molar-refractivity contribution is 0.0677. The first-order valence-electron chi connectivity index (χ1n) is 3.15. The van der Waals surface area contributed by atoms with Gasteiger partial charge < -0.3 is 9.26 Å². The van der Waals surface area contributed by atoms with Gasteiger partial charge in [0, 0.05) is 6.61 Å². The predicted octanol–water partition coefficient (Wildman–Crippen LogP) is 2.35. The summed E-state index contributed by atoms with van der Waals surface area (Å²) in [6.45, 7) is 0.739. The Kier molecular flexibility index (Phi) is 3.46. The Bertz CT molecular complexity index is 95.6. The molecule has 1 aliphatic heterocycles. The quantitative estimate of drug-likeness (QED) is 0.605. The van der Waals surface area contributed by atoms with Gasteiger partial charge in [0.15, 0.2) is 0 Å². The summed E-state index contributed by atoms with van der Waals surface area (Å²) in [6, 6.07) is 0. The van der Waals surface area contributed by atoms with Crippen LogP contribution in [0.4, 0.5) is 8.39 Å². The zero-order valence-corrected chi connectivity index (χ0v) is 6.32. The molecule has 0 bridgehead atoms. The molecule has 1 unspecified atom stereocenters. The molecule has 1 fully saturated rings. The zero-order chi connectivity index (χ0) is 7.40.